The van der Waals surface area contributed by atoms with E-state index in [2.05, 4.69) is 23.7 Å². The fourth-order valence-electron chi connectivity index (χ4n) is 5.17. The van der Waals surface area contributed by atoms with Crippen molar-refractivity contribution in [1.82, 2.24) is 4.98 Å². The molecule has 2 aromatic carbocycles. The van der Waals surface area contributed by atoms with Gasteiger partial charge in [-0.05, 0) is 75.3 Å². The van der Waals surface area contributed by atoms with Crippen LogP contribution in [0.1, 0.15) is 76.8 Å². The van der Waals surface area contributed by atoms with E-state index in [1.165, 1.54) is 18.2 Å². The van der Waals surface area contributed by atoms with E-state index in [1.54, 1.807) is 37.4 Å². The van der Waals surface area contributed by atoms with Gasteiger partial charge in [-0.15, -0.1) is 0 Å². The fourth-order valence-corrected chi connectivity index (χ4v) is 5.17. The lowest BCUT2D eigenvalue weighted by Crippen LogP contribution is -2.39. The van der Waals surface area contributed by atoms with Crippen LogP contribution in [0, 0.1) is 24.0 Å². The lowest BCUT2D eigenvalue weighted by Gasteiger charge is -2.41. The lowest BCUT2D eigenvalue weighted by molar-refractivity contribution is -0.162. The van der Waals surface area contributed by atoms with E-state index in [0.29, 0.717) is 66.4 Å². The number of carboxylic acids is 1. The van der Waals surface area contributed by atoms with Gasteiger partial charge < -0.3 is 19.5 Å². The molecule has 1 atom stereocenters. The van der Waals surface area contributed by atoms with Gasteiger partial charge in [-0.2, -0.15) is 0 Å². The predicted molar refractivity (Wildman–Crippen MR) is 161 cm³/mol. The van der Waals surface area contributed by atoms with E-state index in [0.717, 1.165) is 18.4 Å². The van der Waals surface area contributed by atoms with E-state index in [1.807, 2.05) is 20.8 Å². The molecule has 0 aliphatic carbocycles. The van der Waals surface area contributed by atoms with Gasteiger partial charge in [0.15, 0.2) is 6.10 Å². The maximum atomic E-state index is 15.8. The third kappa shape index (κ3) is 7.46. The lowest BCUT2D eigenvalue weighted by atomic mass is 9.82. The van der Waals surface area contributed by atoms with Gasteiger partial charge in [0, 0.05) is 54.2 Å². The summed E-state index contributed by atoms with van der Waals surface area (Å²) >= 11 is 0. The molecule has 0 spiro atoms. The number of carboxylic acid groups (broad SMARTS) is 1. The number of aromatic nitrogens is 1. The van der Waals surface area contributed by atoms with Gasteiger partial charge in [-0.1, -0.05) is 32.9 Å². The Morgan fingerprint density at radius 2 is 1.76 bits per heavy atom. The minimum absolute atomic E-state index is 0.157. The molecule has 0 saturated carbocycles. The second-order valence-corrected chi connectivity index (χ2v) is 12.5. The van der Waals surface area contributed by atoms with Crippen LogP contribution < -0.4 is 9.64 Å². The van der Waals surface area contributed by atoms with Crippen LogP contribution in [0.2, 0.25) is 0 Å². The SMILES string of the molecule is CCC(C)(C)OC(C(=O)O)c1c(C)ncc(-c2ccc(OCCc3ccc(F)cc3)cc2F)c1N1CCC(C)(C)CC1. The third-order valence-corrected chi connectivity index (χ3v) is 8.30. The third-order valence-electron chi connectivity index (χ3n) is 8.30. The monoisotopic (exact) mass is 580 g/mol. The molecule has 1 fully saturated rings. The molecule has 0 bridgehead atoms. The smallest absolute Gasteiger partial charge is 0.337 e. The largest absolute Gasteiger partial charge is 0.493 e. The van der Waals surface area contributed by atoms with Crippen molar-refractivity contribution >= 4 is 11.7 Å². The summed E-state index contributed by atoms with van der Waals surface area (Å²) in [7, 11) is 0. The first kappa shape index (κ1) is 31.4. The predicted octanol–water partition coefficient (Wildman–Crippen LogP) is 7.91. The Kier molecular flexibility index (Phi) is 9.56. The number of carbonyl (C=O) groups is 1. The number of nitrogens with zero attached hydrogens (tertiary/aromatic N) is 2. The summed E-state index contributed by atoms with van der Waals surface area (Å²) < 4.78 is 41.0. The standard InChI is InChI=1S/C34H42F2N2O4/c1-7-34(5,6)42-31(32(39)40)29-22(2)37-21-27(30(29)38-17-15-33(3,4)16-18-38)26-13-12-25(20-28(26)36)41-19-14-23-8-10-24(35)11-9-23/h8-13,20-21,31H,7,14-19H2,1-6H3,(H,39,40). The number of ether oxygens (including phenoxy) is 2. The first-order chi connectivity index (χ1) is 19.8. The van der Waals surface area contributed by atoms with Crippen LogP contribution in [-0.2, 0) is 16.0 Å². The molecule has 8 heteroatoms. The van der Waals surface area contributed by atoms with Crippen LogP contribution in [-0.4, -0.2) is 41.4 Å². The Hall–Kier alpha value is -3.52. The van der Waals surface area contributed by atoms with Gasteiger partial charge in [0.2, 0.25) is 0 Å². The van der Waals surface area contributed by atoms with Crippen molar-refractivity contribution in [2.45, 2.75) is 78.9 Å². The van der Waals surface area contributed by atoms with E-state index in [4.69, 9.17) is 9.47 Å². The van der Waals surface area contributed by atoms with Crippen molar-refractivity contribution in [1.29, 1.82) is 0 Å². The highest BCUT2D eigenvalue weighted by Crippen LogP contribution is 2.44. The number of rotatable bonds is 11. The number of anilines is 1. The van der Waals surface area contributed by atoms with Crippen LogP contribution in [0.5, 0.6) is 5.75 Å². The molecule has 1 aliphatic heterocycles. The molecule has 4 rings (SSSR count). The first-order valence-corrected chi connectivity index (χ1v) is 14.6. The Balaban J connectivity index is 1.72. The van der Waals surface area contributed by atoms with Crippen LogP contribution in [0.15, 0.2) is 48.7 Å². The number of hydrogen-bond acceptors (Lipinski definition) is 5. The van der Waals surface area contributed by atoms with Crippen LogP contribution in [0.3, 0.4) is 0 Å². The Morgan fingerprint density at radius 1 is 1.10 bits per heavy atom. The molecule has 1 saturated heterocycles. The van der Waals surface area contributed by atoms with E-state index in [-0.39, 0.29) is 11.2 Å². The van der Waals surface area contributed by atoms with Crippen LogP contribution >= 0.6 is 0 Å². The number of aliphatic carboxylic acids is 1. The number of piperidine rings is 1. The van der Waals surface area contributed by atoms with Gasteiger partial charge in [0.1, 0.15) is 17.4 Å². The molecule has 1 unspecified atom stereocenters. The molecule has 0 radical (unpaired) electrons. The molecule has 0 amide bonds. The molecule has 3 aromatic rings. The summed E-state index contributed by atoms with van der Waals surface area (Å²) in [5, 5.41) is 10.4. The molecule has 1 aromatic heterocycles. The normalized spacial score (nSPS) is 15.9. The zero-order chi connectivity index (χ0) is 30.7. The molecule has 1 N–H and O–H groups in total. The van der Waals surface area contributed by atoms with Gasteiger partial charge in [-0.3, -0.25) is 4.98 Å². The number of hydrogen-bond donors (Lipinski definition) is 1. The van der Waals surface area contributed by atoms with Gasteiger partial charge in [0.05, 0.1) is 17.9 Å². The highest BCUT2D eigenvalue weighted by molar-refractivity contribution is 5.86. The maximum absolute atomic E-state index is 15.8. The maximum Gasteiger partial charge on any atom is 0.337 e. The molecule has 226 valence electrons. The summed E-state index contributed by atoms with van der Waals surface area (Å²) in [6.45, 7) is 13.6. The Morgan fingerprint density at radius 3 is 2.36 bits per heavy atom. The topological polar surface area (TPSA) is 71.9 Å². The van der Waals surface area contributed by atoms with E-state index < -0.39 is 23.5 Å². The van der Waals surface area contributed by atoms with Crippen molar-refractivity contribution in [3.05, 3.63) is 77.1 Å². The number of benzene rings is 2. The van der Waals surface area contributed by atoms with E-state index in [9.17, 15) is 14.3 Å². The van der Waals surface area contributed by atoms with Crippen molar-refractivity contribution < 1.29 is 28.2 Å². The number of halogens is 2. The average Bonchev–Trinajstić information content (AvgIpc) is 2.93. The summed E-state index contributed by atoms with van der Waals surface area (Å²) in [6.07, 6.45) is 3.35. The minimum Gasteiger partial charge on any atom is -0.493 e. The fraction of sp³-hybridized carbons (Fsp3) is 0.471. The molecule has 42 heavy (non-hydrogen) atoms. The zero-order valence-electron chi connectivity index (χ0n) is 25.5. The molecule has 1 aliphatic rings. The summed E-state index contributed by atoms with van der Waals surface area (Å²) in [5.41, 5.74) is 2.88. The van der Waals surface area contributed by atoms with Gasteiger partial charge in [-0.25, -0.2) is 13.6 Å². The summed E-state index contributed by atoms with van der Waals surface area (Å²) in [5.74, 6) is -1.53. The van der Waals surface area contributed by atoms with Gasteiger partial charge >= 0.3 is 5.97 Å². The van der Waals surface area contributed by atoms with Crippen LogP contribution in [0.4, 0.5) is 14.5 Å². The van der Waals surface area contributed by atoms with Crippen molar-refractivity contribution in [3.8, 4) is 16.9 Å². The molecular formula is C34H42F2N2O4. The number of pyridine rings is 1. The minimum atomic E-state index is -1.27. The second kappa shape index (κ2) is 12.8. The second-order valence-electron chi connectivity index (χ2n) is 12.5. The van der Waals surface area contributed by atoms with Gasteiger partial charge in [0.25, 0.3) is 0 Å². The molecule has 6 nitrogen and oxygen atoms in total. The zero-order valence-corrected chi connectivity index (χ0v) is 25.5. The first-order valence-electron chi connectivity index (χ1n) is 14.6. The highest BCUT2D eigenvalue weighted by Gasteiger charge is 2.36. The van der Waals surface area contributed by atoms with Crippen molar-refractivity contribution in [3.63, 3.8) is 0 Å². The number of aryl methyl sites for hydroxylation is 1. The van der Waals surface area contributed by atoms with E-state index >= 15 is 4.39 Å². The van der Waals surface area contributed by atoms with Crippen LogP contribution in [0.25, 0.3) is 11.1 Å². The summed E-state index contributed by atoms with van der Waals surface area (Å²) in [6, 6.07) is 10.9. The van der Waals surface area contributed by atoms with Crippen molar-refractivity contribution in [2.24, 2.45) is 5.41 Å². The highest BCUT2D eigenvalue weighted by atomic mass is 19.1. The quantitative estimate of drug-likeness (QED) is 0.248. The van der Waals surface area contributed by atoms with Crippen molar-refractivity contribution in [2.75, 3.05) is 24.6 Å². The Bertz CT molecular complexity index is 1400. The Labute approximate surface area is 247 Å². The molecule has 2 heterocycles. The average molecular weight is 581 g/mol. The summed E-state index contributed by atoms with van der Waals surface area (Å²) in [4.78, 5) is 19.4. The molecular weight excluding hydrogens is 538 g/mol.